The van der Waals surface area contributed by atoms with Gasteiger partial charge in [-0.15, -0.1) is 0 Å². The van der Waals surface area contributed by atoms with Gasteiger partial charge in [-0.2, -0.15) is 0 Å². The van der Waals surface area contributed by atoms with Gasteiger partial charge in [0.25, 0.3) is 5.56 Å². The number of nitrogens with one attached hydrogen (secondary N) is 1. The van der Waals surface area contributed by atoms with E-state index < -0.39 is 91.1 Å². The van der Waals surface area contributed by atoms with Gasteiger partial charge in [-0.1, -0.05) is 124 Å². The number of carbonyl (C=O) groups excluding carboxylic acids is 3. The van der Waals surface area contributed by atoms with E-state index in [1.807, 2.05) is 115 Å². The summed E-state index contributed by atoms with van der Waals surface area (Å²) in [6.45, 7) is 11.9. The fourth-order valence-electron chi connectivity index (χ4n) is 9.66. The number of imide groups is 1. The van der Waals surface area contributed by atoms with Gasteiger partial charge >= 0.3 is 11.8 Å². The van der Waals surface area contributed by atoms with Crippen LogP contribution in [0.25, 0.3) is 0 Å². The number of carbonyl (C=O) groups is 3. The summed E-state index contributed by atoms with van der Waals surface area (Å²) in [6, 6.07) is 36.7. The number of ether oxygens (including phenoxy) is 5. The molecule has 4 saturated heterocycles. The van der Waals surface area contributed by atoms with Crippen LogP contribution in [0.2, 0.25) is 18.1 Å². The van der Waals surface area contributed by atoms with Crippen molar-refractivity contribution in [2.24, 2.45) is 11.8 Å². The highest BCUT2D eigenvalue weighted by atomic mass is 32.2. The van der Waals surface area contributed by atoms with Gasteiger partial charge in [0.05, 0.1) is 31.6 Å². The summed E-state index contributed by atoms with van der Waals surface area (Å²) in [6.07, 6.45) is -5.90. The molecule has 1 aromatic heterocycles. The molecule has 4 aliphatic rings. The van der Waals surface area contributed by atoms with Gasteiger partial charge in [0.2, 0.25) is 11.8 Å². The maximum atomic E-state index is 14.4. The van der Waals surface area contributed by atoms with Crippen molar-refractivity contribution in [1.82, 2.24) is 14.5 Å². The van der Waals surface area contributed by atoms with E-state index in [2.05, 4.69) is 38.8 Å². The average molecular weight is 976 g/mol. The number of rotatable bonds is 15. The Morgan fingerprint density at radius 3 is 1.93 bits per heavy atom. The van der Waals surface area contributed by atoms with Crippen LogP contribution in [-0.2, 0) is 48.4 Å². The zero-order valence-corrected chi connectivity index (χ0v) is 41.4. The molecule has 69 heavy (non-hydrogen) atoms. The molecule has 4 aromatic carbocycles. The van der Waals surface area contributed by atoms with Crippen LogP contribution in [0.15, 0.2) is 131 Å². The molecule has 0 saturated carbocycles. The van der Waals surface area contributed by atoms with Crippen LogP contribution in [-0.4, -0.2) is 91.1 Å². The molecule has 0 spiro atoms. The van der Waals surface area contributed by atoms with Crippen molar-refractivity contribution in [1.29, 1.82) is 0 Å². The molecule has 5 heterocycles. The minimum Gasteiger partial charge on any atom is -0.497 e. The Labute approximate surface area is 405 Å². The second kappa shape index (κ2) is 19.2. The fourth-order valence-corrected chi connectivity index (χ4v) is 12.2. The van der Waals surface area contributed by atoms with Gasteiger partial charge < -0.3 is 32.3 Å². The minimum atomic E-state index is -2.44. The summed E-state index contributed by atoms with van der Waals surface area (Å²) in [5, 5.41) is -0.185. The number of hydrogen-bond acceptors (Lipinski definition) is 13. The molecule has 0 radical (unpaired) electrons. The first-order chi connectivity index (χ1) is 33.0. The molecule has 0 unspecified atom stereocenters. The van der Waals surface area contributed by atoms with Crippen LogP contribution in [0.4, 0.5) is 4.79 Å². The molecule has 1 N–H and O–H groups in total. The maximum absolute atomic E-state index is 14.4. The van der Waals surface area contributed by atoms with Gasteiger partial charge in [-0.05, 0) is 59.4 Å². The molecular weight excluding hydrogens is 919 g/mol. The normalized spacial score (nSPS) is 25.5. The van der Waals surface area contributed by atoms with Crippen LogP contribution in [0.5, 0.6) is 5.75 Å². The van der Waals surface area contributed by atoms with Crippen molar-refractivity contribution < 1.29 is 46.7 Å². The Balaban J connectivity index is 1.03. The second-order valence-corrected chi connectivity index (χ2v) is 25.3. The molecule has 5 aromatic rings. The first-order valence-electron chi connectivity index (χ1n) is 23.1. The number of aromatic amines is 1. The Hall–Kier alpha value is -5.82. The predicted octanol–water partition coefficient (Wildman–Crippen LogP) is 7.66. The quantitative estimate of drug-likeness (QED) is 0.0357. The van der Waals surface area contributed by atoms with Crippen LogP contribution < -0.4 is 16.0 Å². The van der Waals surface area contributed by atoms with E-state index in [4.69, 9.17) is 32.3 Å². The zero-order chi connectivity index (χ0) is 48.8. The van der Waals surface area contributed by atoms with Crippen LogP contribution >= 0.6 is 12.0 Å². The molecule has 2 bridgehead atoms. The zero-order valence-electron chi connectivity index (χ0n) is 39.6. The highest BCUT2D eigenvalue weighted by Crippen LogP contribution is 2.55. The number of fused-ring (bicyclic) bond motifs is 5. The second-order valence-electron chi connectivity index (χ2n) is 19.6. The Morgan fingerprint density at radius 2 is 1.35 bits per heavy atom. The van der Waals surface area contributed by atoms with E-state index in [0.29, 0.717) is 11.3 Å². The van der Waals surface area contributed by atoms with E-state index in [-0.39, 0.29) is 30.5 Å². The van der Waals surface area contributed by atoms with Crippen molar-refractivity contribution in [2.45, 2.75) is 106 Å². The van der Waals surface area contributed by atoms with E-state index in [9.17, 15) is 24.0 Å². The molecule has 4 fully saturated rings. The van der Waals surface area contributed by atoms with Crippen LogP contribution in [0.3, 0.4) is 0 Å². The van der Waals surface area contributed by atoms with Gasteiger partial charge in [-0.25, -0.2) is 9.59 Å². The minimum absolute atomic E-state index is 0.0760. The molecule has 9 atom stereocenters. The number of nitrogens with zero attached hydrogens (tertiary/aromatic N) is 2. The Morgan fingerprint density at radius 1 is 0.783 bits per heavy atom. The first kappa shape index (κ1) is 48.2. The largest absolute Gasteiger partial charge is 0.508 e. The molecule has 17 heteroatoms. The van der Waals surface area contributed by atoms with Gasteiger partial charge in [-0.3, -0.25) is 28.8 Å². The number of amides is 2. The molecule has 9 rings (SSSR count). The summed E-state index contributed by atoms with van der Waals surface area (Å²) >= 11 is 1.15. The van der Waals surface area contributed by atoms with E-state index in [0.717, 1.165) is 34.3 Å². The molecule has 0 aliphatic carbocycles. The standard InChI is InChI=1S/C52H57N3O12SSi/c1-31-28-54(49(59)53-46(31)56)39-27-37(67-69(6,7)51(2,3)4)38(63-39)30-62-50(60)65-44-42-40-41(48(58)55(47(40)57)29-32-17-11-8-12-18-32)43(64-42)45(44)66-68-52(33-19-13-9-14-20-33,34-21-15-10-16-22-34)35-23-25-36(61-5)26-24-35/h8-26,28,37-45H,27,29-30H2,1-7H3,(H,53,56,59)/t37-,38+,39+,40-,41+,42-,43+,44-,45+/m0/s1. The lowest BCUT2D eigenvalue weighted by atomic mass is 9.78. The van der Waals surface area contributed by atoms with Crippen LogP contribution in [0, 0.1) is 18.8 Å². The highest BCUT2D eigenvalue weighted by molar-refractivity contribution is 7.96. The van der Waals surface area contributed by atoms with E-state index in [1.165, 1.54) is 15.7 Å². The van der Waals surface area contributed by atoms with Crippen molar-refractivity contribution in [3.05, 3.63) is 170 Å². The monoisotopic (exact) mass is 975 g/mol. The predicted molar refractivity (Wildman–Crippen MR) is 259 cm³/mol. The fraction of sp³-hybridized carbons (Fsp3) is 0.404. The smallest absolute Gasteiger partial charge is 0.497 e. The third-order valence-corrected chi connectivity index (χ3v) is 20.1. The topological polar surface area (TPSA) is 174 Å². The summed E-state index contributed by atoms with van der Waals surface area (Å²) in [5.41, 5.74) is 2.60. The Bertz CT molecular complexity index is 2750. The van der Waals surface area contributed by atoms with E-state index >= 15 is 0 Å². The first-order valence-corrected chi connectivity index (χ1v) is 26.8. The number of methoxy groups -OCH3 is 1. The number of aromatic nitrogens is 2. The number of likely N-dealkylation sites (tertiary alicyclic amines) is 1. The molecule has 2 amide bonds. The average Bonchev–Trinajstić information content (AvgIpc) is 4.08. The molecule has 15 nitrogen and oxygen atoms in total. The lowest BCUT2D eigenvalue weighted by molar-refractivity contribution is -0.144. The lowest BCUT2D eigenvalue weighted by Gasteiger charge is -2.39. The highest BCUT2D eigenvalue weighted by Gasteiger charge is 2.71. The summed E-state index contributed by atoms with van der Waals surface area (Å²) in [4.78, 5) is 71.7. The molecule has 4 aliphatic heterocycles. The van der Waals surface area contributed by atoms with Gasteiger partial charge in [0.1, 0.15) is 47.7 Å². The Kier molecular flexibility index (Phi) is 13.4. The van der Waals surface area contributed by atoms with Crippen molar-refractivity contribution in [3.8, 4) is 5.75 Å². The van der Waals surface area contributed by atoms with Crippen molar-refractivity contribution in [3.63, 3.8) is 0 Å². The molecule has 362 valence electrons. The summed E-state index contributed by atoms with van der Waals surface area (Å²) in [5.74, 6) is -1.97. The third kappa shape index (κ3) is 9.11. The SMILES string of the molecule is COc1ccc(C(SO[C@H]2[C@@H](OC(=O)OC[C@H]3O[C@@H](n4cc(C)c(=O)[nH]c4=O)C[C@@H]3O[Si](C)(C)C(C)(C)C)[C@H]3O[C@@H]2[C@@H]2C(=O)N(Cc4ccccc4)C(=O)[C@H]32)(c2ccccc2)c2ccccc2)cc1. The van der Waals surface area contributed by atoms with Crippen LogP contribution in [0.1, 0.15) is 61.2 Å². The number of hydrogen-bond donors (Lipinski definition) is 1. The van der Waals surface area contributed by atoms with Crippen molar-refractivity contribution in [2.75, 3.05) is 13.7 Å². The molecular formula is C52H57N3O12SSi. The number of benzene rings is 4. The van der Waals surface area contributed by atoms with Gasteiger partial charge in [0.15, 0.2) is 14.4 Å². The summed E-state index contributed by atoms with van der Waals surface area (Å²) in [7, 11) is -0.834. The summed E-state index contributed by atoms with van der Waals surface area (Å²) < 4.78 is 44.7. The lowest BCUT2D eigenvalue weighted by Crippen LogP contribution is -2.51. The maximum Gasteiger partial charge on any atom is 0.508 e. The number of H-pyrrole nitrogens is 1. The van der Waals surface area contributed by atoms with Crippen molar-refractivity contribution >= 4 is 38.3 Å². The third-order valence-electron chi connectivity index (χ3n) is 14.3. The number of aryl methyl sites for hydroxylation is 1. The van der Waals surface area contributed by atoms with Gasteiger partial charge in [0, 0.05) is 30.2 Å². The van der Waals surface area contributed by atoms with E-state index in [1.54, 1.807) is 14.0 Å².